The normalized spacial score (nSPS) is 15.3. The molecule has 1 aliphatic heterocycles. The molecule has 1 aliphatic rings. The van der Waals surface area contributed by atoms with Crippen LogP contribution in [-0.4, -0.2) is 28.9 Å². The van der Waals surface area contributed by atoms with Crippen molar-refractivity contribution in [3.05, 3.63) is 120 Å². The summed E-state index contributed by atoms with van der Waals surface area (Å²) in [6.07, 6.45) is 3.03. The van der Waals surface area contributed by atoms with Crippen molar-refractivity contribution in [2.75, 3.05) is 10.2 Å². The van der Waals surface area contributed by atoms with E-state index in [1.807, 2.05) is 24.3 Å². The van der Waals surface area contributed by atoms with Crippen LogP contribution in [0, 0.1) is 0 Å². The average molecular weight is 580 g/mol. The molecule has 1 saturated heterocycles. The summed E-state index contributed by atoms with van der Waals surface area (Å²) in [6, 6.07) is 26.4. The molecule has 1 atom stereocenters. The molecule has 1 aromatic heterocycles. The molecule has 0 radical (unpaired) electrons. The predicted octanol–water partition coefficient (Wildman–Crippen LogP) is 6.24. The highest BCUT2D eigenvalue weighted by Crippen LogP contribution is 2.35. The van der Waals surface area contributed by atoms with Crippen molar-refractivity contribution in [2.45, 2.75) is 36.3 Å². The fourth-order valence-electron chi connectivity index (χ4n) is 4.41. The van der Waals surface area contributed by atoms with Gasteiger partial charge in [-0.2, -0.15) is 0 Å². The third kappa shape index (κ3) is 6.70. The summed E-state index contributed by atoms with van der Waals surface area (Å²) >= 11 is 1.31. The molecular weight excluding hydrogens is 550 g/mol. The monoisotopic (exact) mass is 579 g/mol. The zero-order valence-electron chi connectivity index (χ0n) is 23.1. The summed E-state index contributed by atoms with van der Waals surface area (Å²) in [5, 5.41) is 4.90. The molecule has 4 amide bonds. The number of rotatable bonds is 9. The van der Waals surface area contributed by atoms with Gasteiger partial charge in [-0.25, -0.2) is 4.90 Å². The van der Waals surface area contributed by atoms with Crippen LogP contribution < -0.4 is 15.5 Å². The molecular formula is C33H29N3O5S. The summed E-state index contributed by atoms with van der Waals surface area (Å²) in [6.45, 7) is 4.18. The van der Waals surface area contributed by atoms with Crippen LogP contribution in [0.3, 0.4) is 0 Å². The van der Waals surface area contributed by atoms with E-state index in [2.05, 4.69) is 24.5 Å². The van der Waals surface area contributed by atoms with Gasteiger partial charge < -0.3 is 15.1 Å². The molecule has 2 heterocycles. The summed E-state index contributed by atoms with van der Waals surface area (Å²) in [7, 11) is 0. The van der Waals surface area contributed by atoms with Crippen LogP contribution in [-0.2, 0) is 14.4 Å². The van der Waals surface area contributed by atoms with Crippen molar-refractivity contribution in [1.29, 1.82) is 0 Å². The Morgan fingerprint density at radius 3 is 2.29 bits per heavy atom. The third-order valence-corrected chi connectivity index (χ3v) is 7.87. The molecule has 0 bridgehead atoms. The summed E-state index contributed by atoms with van der Waals surface area (Å²) in [5.41, 5.74) is 2.62. The van der Waals surface area contributed by atoms with Gasteiger partial charge in [0, 0.05) is 28.6 Å². The van der Waals surface area contributed by atoms with Gasteiger partial charge >= 0.3 is 0 Å². The van der Waals surface area contributed by atoms with Gasteiger partial charge in [0.05, 0.1) is 17.2 Å². The van der Waals surface area contributed by atoms with Crippen molar-refractivity contribution in [3.8, 4) is 0 Å². The van der Waals surface area contributed by atoms with E-state index in [4.69, 9.17) is 4.42 Å². The Balaban J connectivity index is 1.24. The van der Waals surface area contributed by atoms with E-state index in [0.717, 1.165) is 10.5 Å². The maximum atomic E-state index is 13.1. The number of nitrogens with one attached hydrogen (secondary N) is 2. The van der Waals surface area contributed by atoms with E-state index in [-0.39, 0.29) is 23.9 Å². The second kappa shape index (κ2) is 12.7. The average Bonchev–Trinajstić information content (AvgIpc) is 3.61. The van der Waals surface area contributed by atoms with Crippen molar-refractivity contribution in [1.82, 2.24) is 5.32 Å². The lowest BCUT2D eigenvalue weighted by Crippen LogP contribution is -2.31. The highest BCUT2D eigenvalue weighted by Gasteiger charge is 2.40. The molecule has 4 aromatic rings. The molecule has 212 valence electrons. The Morgan fingerprint density at radius 1 is 0.929 bits per heavy atom. The number of amides is 4. The van der Waals surface area contributed by atoms with Crippen molar-refractivity contribution >= 4 is 52.8 Å². The summed E-state index contributed by atoms with van der Waals surface area (Å²) < 4.78 is 5.33. The largest absolute Gasteiger partial charge is 0.465 e. The van der Waals surface area contributed by atoms with Gasteiger partial charge in [-0.15, -0.1) is 11.8 Å². The molecule has 42 heavy (non-hydrogen) atoms. The van der Waals surface area contributed by atoms with Gasteiger partial charge in [0.2, 0.25) is 11.8 Å². The number of nitrogens with zero attached hydrogens (tertiary/aromatic N) is 1. The number of furan rings is 1. The number of carbonyl (C=O) groups is 4. The van der Waals surface area contributed by atoms with Crippen molar-refractivity contribution < 1.29 is 23.6 Å². The Bertz CT molecular complexity index is 1610. The number of carbonyl (C=O) groups excluding carboxylic acids is 4. The summed E-state index contributed by atoms with van der Waals surface area (Å²) in [5.74, 6) is -0.691. The zero-order valence-corrected chi connectivity index (χ0v) is 23.9. The van der Waals surface area contributed by atoms with Gasteiger partial charge in [0.25, 0.3) is 11.8 Å². The Labute approximate surface area is 247 Å². The van der Waals surface area contributed by atoms with Crippen LogP contribution in [0.2, 0.25) is 0 Å². The lowest BCUT2D eigenvalue weighted by atomic mass is 10.0. The highest BCUT2D eigenvalue weighted by atomic mass is 32.2. The number of benzene rings is 3. The topological polar surface area (TPSA) is 109 Å². The maximum Gasteiger partial charge on any atom is 0.272 e. The molecule has 9 heteroatoms. The highest BCUT2D eigenvalue weighted by molar-refractivity contribution is 8.00. The predicted molar refractivity (Wildman–Crippen MR) is 163 cm³/mol. The molecule has 8 nitrogen and oxygen atoms in total. The number of thioether (sulfide) groups is 1. The molecule has 0 spiro atoms. The number of imide groups is 1. The van der Waals surface area contributed by atoms with E-state index in [1.165, 1.54) is 29.0 Å². The molecule has 5 rings (SSSR count). The second-order valence-corrected chi connectivity index (χ2v) is 11.3. The van der Waals surface area contributed by atoms with Crippen LogP contribution in [0.5, 0.6) is 0 Å². The smallest absolute Gasteiger partial charge is 0.272 e. The third-order valence-electron chi connectivity index (χ3n) is 6.67. The SMILES string of the molecule is CC(C)c1ccc(N2C(=O)CC(Sc3ccc(NC(=O)/C(=C/c4ccco4)NC(=O)c4ccccc4)cc3)C2=O)cc1. The first kappa shape index (κ1) is 28.6. The minimum atomic E-state index is -0.543. The van der Waals surface area contributed by atoms with E-state index in [0.29, 0.717) is 28.6 Å². The fraction of sp³-hybridized carbons (Fsp3) is 0.152. The molecule has 0 aliphatic carbocycles. The Hall–Kier alpha value is -4.89. The van der Waals surface area contributed by atoms with Gasteiger partial charge in [0.1, 0.15) is 11.5 Å². The van der Waals surface area contributed by atoms with Gasteiger partial charge in [-0.3, -0.25) is 19.2 Å². The van der Waals surface area contributed by atoms with Gasteiger partial charge in [-0.1, -0.05) is 44.2 Å². The van der Waals surface area contributed by atoms with Crippen molar-refractivity contribution in [3.63, 3.8) is 0 Å². The van der Waals surface area contributed by atoms with Crippen LogP contribution in [0.1, 0.15) is 47.9 Å². The van der Waals surface area contributed by atoms with Crippen molar-refractivity contribution in [2.24, 2.45) is 0 Å². The molecule has 2 N–H and O–H groups in total. The second-order valence-electron chi connectivity index (χ2n) is 10.00. The zero-order chi connectivity index (χ0) is 29.6. The first-order valence-electron chi connectivity index (χ1n) is 13.4. The van der Waals surface area contributed by atoms with Crippen LogP contribution in [0.15, 0.2) is 112 Å². The molecule has 1 unspecified atom stereocenters. The van der Waals surface area contributed by atoms with E-state index >= 15 is 0 Å². The van der Waals surface area contributed by atoms with Crippen LogP contribution >= 0.6 is 11.8 Å². The molecule has 1 fully saturated rings. The van der Waals surface area contributed by atoms with E-state index in [9.17, 15) is 19.2 Å². The van der Waals surface area contributed by atoms with Gasteiger partial charge in [0.15, 0.2) is 0 Å². The standard InChI is InChI=1S/C33H29N3O5S/c1-21(2)22-10-14-25(15-11-22)36-30(37)20-29(33(36)40)42-27-16-12-24(13-17-27)34-32(39)28(19-26-9-6-18-41-26)35-31(38)23-7-4-3-5-8-23/h3-19,21,29H,20H2,1-2H3,(H,34,39)(H,35,38)/b28-19-. The van der Waals surface area contributed by atoms with Gasteiger partial charge in [-0.05, 0) is 72.1 Å². The Kier molecular flexibility index (Phi) is 8.68. The van der Waals surface area contributed by atoms with Crippen LogP contribution in [0.25, 0.3) is 6.08 Å². The lowest BCUT2D eigenvalue weighted by Gasteiger charge is -2.16. The minimum Gasteiger partial charge on any atom is -0.465 e. The first-order chi connectivity index (χ1) is 20.3. The summed E-state index contributed by atoms with van der Waals surface area (Å²) in [4.78, 5) is 53.8. The number of anilines is 2. The lowest BCUT2D eigenvalue weighted by molar-refractivity contribution is -0.121. The minimum absolute atomic E-state index is 0.00818. The van der Waals surface area contributed by atoms with Crippen LogP contribution in [0.4, 0.5) is 11.4 Å². The number of hydrogen-bond acceptors (Lipinski definition) is 6. The fourth-order valence-corrected chi connectivity index (χ4v) is 5.47. The maximum absolute atomic E-state index is 13.1. The molecule has 3 aromatic carbocycles. The van der Waals surface area contributed by atoms with E-state index < -0.39 is 17.1 Å². The Morgan fingerprint density at radius 2 is 1.64 bits per heavy atom. The first-order valence-corrected chi connectivity index (χ1v) is 14.3. The quantitative estimate of drug-likeness (QED) is 0.180. The van der Waals surface area contributed by atoms with E-state index in [1.54, 1.807) is 66.7 Å². The molecule has 0 saturated carbocycles. The number of hydrogen-bond donors (Lipinski definition) is 2.